The molecule has 3 rings (SSSR count). The van der Waals surface area contributed by atoms with E-state index in [1.54, 1.807) is 12.1 Å². The van der Waals surface area contributed by atoms with Gasteiger partial charge in [-0.15, -0.1) is 0 Å². The van der Waals surface area contributed by atoms with Crippen LogP contribution in [-0.4, -0.2) is 15.7 Å². The summed E-state index contributed by atoms with van der Waals surface area (Å²) >= 11 is 0. The fourth-order valence-corrected chi connectivity index (χ4v) is 2.68. The van der Waals surface area contributed by atoms with E-state index in [1.165, 1.54) is 22.4 Å². The van der Waals surface area contributed by atoms with Crippen molar-refractivity contribution < 1.29 is 4.79 Å². The number of benzene rings is 2. The lowest BCUT2D eigenvalue weighted by molar-refractivity contribution is 0.0933. The molecule has 5 heteroatoms. The normalized spacial score (nSPS) is 11.8. The van der Waals surface area contributed by atoms with Gasteiger partial charge in [0.05, 0.1) is 11.7 Å². The summed E-state index contributed by atoms with van der Waals surface area (Å²) in [6.07, 6.45) is 0.978. The Morgan fingerprint density at radius 3 is 2.38 bits per heavy atom. The molecule has 0 aliphatic carbocycles. The third kappa shape index (κ3) is 3.88. The highest BCUT2D eigenvalue weighted by Crippen LogP contribution is 2.14. The minimum Gasteiger partial charge on any atom is -0.344 e. The molecule has 1 atom stereocenters. The summed E-state index contributed by atoms with van der Waals surface area (Å²) in [5.74, 6) is -0.318. The van der Waals surface area contributed by atoms with Gasteiger partial charge in [0.1, 0.15) is 5.69 Å². The van der Waals surface area contributed by atoms with Crippen molar-refractivity contribution in [2.24, 2.45) is 0 Å². The second kappa shape index (κ2) is 7.78. The molecule has 0 aliphatic heterocycles. The number of hydrogen-bond donors (Lipinski definition) is 1. The molecule has 5 nitrogen and oxygen atoms in total. The molecule has 0 spiro atoms. The molecule has 0 aliphatic rings. The first-order valence-corrected chi connectivity index (χ1v) is 8.64. The lowest BCUT2D eigenvalue weighted by atomic mass is 10.0. The third-order valence-corrected chi connectivity index (χ3v) is 4.27. The SMILES string of the molecule is CCc1ccc(C(C)NC(=O)c2ccc(=O)n(-c3ccccc3)n2)cc1. The smallest absolute Gasteiger partial charge is 0.272 e. The molecule has 26 heavy (non-hydrogen) atoms. The van der Waals surface area contributed by atoms with E-state index in [-0.39, 0.29) is 23.2 Å². The van der Waals surface area contributed by atoms with Crippen LogP contribution in [0.4, 0.5) is 0 Å². The van der Waals surface area contributed by atoms with Crippen molar-refractivity contribution in [3.8, 4) is 5.69 Å². The van der Waals surface area contributed by atoms with E-state index in [0.717, 1.165) is 12.0 Å². The first-order chi connectivity index (χ1) is 12.6. The molecule has 1 aromatic heterocycles. The molecule has 0 fully saturated rings. The Labute approximate surface area is 152 Å². The maximum atomic E-state index is 12.6. The standard InChI is InChI=1S/C21H21N3O2/c1-3-16-9-11-17(12-10-16)15(2)22-21(26)19-13-14-20(25)24(23-19)18-7-5-4-6-8-18/h4-15H,3H2,1-2H3,(H,22,26). The molecular weight excluding hydrogens is 326 g/mol. The summed E-state index contributed by atoms with van der Waals surface area (Å²) in [5, 5.41) is 7.14. The summed E-state index contributed by atoms with van der Waals surface area (Å²) in [7, 11) is 0. The average Bonchev–Trinajstić information content (AvgIpc) is 2.69. The first kappa shape index (κ1) is 17.6. The molecule has 1 amide bonds. The highest BCUT2D eigenvalue weighted by molar-refractivity contribution is 5.92. The number of amides is 1. The molecular formula is C21H21N3O2. The van der Waals surface area contributed by atoms with Gasteiger partial charge in [-0.25, -0.2) is 0 Å². The van der Waals surface area contributed by atoms with Crippen LogP contribution >= 0.6 is 0 Å². The zero-order chi connectivity index (χ0) is 18.5. The van der Waals surface area contributed by atoms with Crippen LogP contribution in [0.2, 0.25) is 0 Å². The molecule has 1 heterocycles. The number of nitrogens with zero attached hydrogens (tertiary/aromatic N) is 2. The van der Waals surface area contributed by atoms with Crippen molar-refractivity contribution in [2.75, 3.05) is 0 Å². The van der Waals surface area contributed by atoms with Crippen molar-refractivity contribution in [3.63, 3.8) is 0 Å². The van der Waals surface area contributed by atoms with E-state index >= 15 is 0 Å². The number of para-hydroxylation sites is 1. The maximum absolute atomic E-state index is 12.6. The van der Waals surface area contributed by atoms with Gasteiger partial charge >= 0.3 is 0 Å². The molecule has 1 N–H and O–H groups in total. The van der Waals surface area contributed by atoms with Crippen LogP contribution in [0.5, 0.6) is 0 Å². The van der Waals surface area contributed by atoms with Crippen molar-refractivity contribution in [1.82, 2.24) is 15.1 Å². The van der Waals surface area contributed by atoms with Gasteiger partial charge < -0.3 is 5.32 Å². The Bertz CT molecular complexity index is 947. The predicted octanol–water partition coefficient (Wildman–Crippen LogP) is 3.29. The van der Waals surface area contributed by atoms with Crippen LogP contribution in [0, 0.1) is 0 Å². The van der Waals surface area contributed by atoms with Gasteiger partial charge in [0.25, 0.3) is 11.5 Å². The Morgan fingerprint density at radius 1 is 1.04 bits per heavy atom. The Kier molecular flexibility index (Phi) is 5.27. The predicted molar refractivity (Wildman–Crippen MR) is 102 cm³/mol. The van der Waals surface area contributed by atoms with Gasteiger partial charge in [-0.3, -0.25) is 9.59 Å². The van der Waals surface area contributed by atoms with Gasteiger partial charge in [0, 0.05) is 6.07 Å². The summed E-state index contributed by atoms with van der Waals surface area (Å²) < 4.78 is 1.23. The van der Waals surface area contributed by atoms with E-state index in [9.17, 15) is 9.59 Å². The van der Waals surface area contributed by atoms with Gasteiger partial charge in [-0.05, 0) is 42.7 Å². The monoisotopic (exact) mass is 347 g/mol. The lowest BCUT2D eigenvalue weighted by Crippen LogP contribution is -2.30. The van der Waals surface area contributed by atoms with E-state index in [0.29, 0.717) is 5.69 Å². The number of aromatic nitrogens is 2. The van der Waals surface area contributed by atoms with Crippen LogP contribution in [-0.2, 0) is 6.42 Å². The van der Waals surface area contributed by atoms with Crippen molar-refractivity contribution in [3.05, 3.63) is 93.9 Å². The summed E-state index contributed by atoms with van der Waals surface area (Å²) in [6.45, 7) is 4.03. The van der Waals surface area contributed by atoms with Crippen LogP contribution < -0.4 is 10.9 Å². The van der Waals surface area contributed by atoms with Crippen LogP contribution in [0.25, 0.3) is 5.69 Å². The second-order valence-electron chi connectivity index (χ2n) is 6.09. The average molecular weight is 347 g/mol. The molecule has 3 aromatic rings. The van der Waals surface area contributed by atoms with Crippen molar-refractivity contribution in [1.29, 1.82) is 0 Å². The fourth-order valence-electron chi connectivity index (χ4n) is 2.68. The molecule has 0 bridgehead atoms. The molecule has 0 saturated heterocycles. The van der Waals surface area contributed by atoms with E-state index in [2.05, 4.69) is 29.5 Å². The number of rotatable bonds is 5. The lowest BCUT2D eigenvalue weighted by Gasteiger charge is -2.15. The topological polar surface area (TPSA) is 64.0 Å². The zero-order valence-electron chi connectivity index (χ0n) is 14.8. The summed E-state index contributed by atoms with van der Waals surface area (Å²) in [5.41, 5.74) is 2.81. The molecule has 0 radical (unpaired) electrons. The molecule has 2 aromatic carbocycles. The second-order valence-corrected chi connectivity index (χ2v) is 6.09. The first-order valence-electron chi connectivity index (χ1n) is 8.64. The van der Waals surface area contributed by atoms with Gasteiger partial charge in [0.2, 0.25) is 0 Å². The highest BCUT2D eigenvalue weighted by Gasteiger charge is 2.14. The van der Waals surface area contributed by atoms with Crippen LogP contribution in [0.1, 0.15) is 41.5 Å². The third-order valence-electron chi connectivity index (χ3n) is 4.27. The molecule has 132 valence electrons. The van der Waals surface area contributed by atoms with Gasteiger partial charge in [-0.2, -0.15) is 9.78 Å². The minimum absolute atomic E-state index is 0.160. The highest BCUT2D eigenvalue weighted by atomic mass is 16.2. The van der Waals surface area contributed by atoms with E-state index in [1.807, 2.05) is 37.3 Å². The van der Waals surface area contributed by atoms with Gasteiger partial charge in [-0.1, -0.05) is 49.4 Å². The maximum Gasteiger partial charge on any atom is 0.272 e. The summed E-state index contributed by atoms with van der Waals surface area (Å²) in [6, 6.07) is 19.8. The molecule has 1 unspecified atom stereocenters. The Hall–Kier alpha value is -3.21. The quantitative estimate of drug-likeness (QED) is 0.770. The van der Waals surface area contributed by atoms with Crippen LogP contribution in [0.15, 0.2) is 71.5 Å². The number of aryl methyl sites for hydroxylation is 1. The number of nitrogens with one attached hydrogen (secondary N) is 1. The van der Waals surface area contributed by atoms with Crippen molar-refractivity contribution >= 4 is 5.91 Å². The largest absolute Gasteiger partial charge is 0.344 e. The van der Waals surface area contributed by atoms with Crippen molar-refractivity contribution in [2.45, 2.75) is 26.3 Å². The number of carbonyl (C=O) groups excluding carboxylic acids is 1. The van der Waals surface area contributed by atoms with E-state index < -0.39 is 0 Å². The number of hydrogen-bond acceptors (Lipinski definition) is 3. The minimum atomic E-state index is -0.318. The Morgan fingerprint density at radius 2 is 1.73 bits per heavy atom. The summed E-state index contributed by atoms with van der Waals surface area (Å²) in [4.78, 5) is 24.6. The Balaban J connectivity index is 1.80. The fraction of sp³-hybridized carbons (Fsp3) is 0.190. The zero-order valence-corrected chi connectivity index (χ0v) is 14.8. The number of carbonyl (C=O) groups is 1. The molecule has 0 saturated carbocycles. The van der Waals surface area contributed by atoms with Gasteiger partial charge in [0.15, 0.2) is 0 Å². The van der Waals surface area contributed by atoms with Crippen LogP contribution in [0.3, 0.4) is 0 Å². The van der Waals surface area contributed by atoms with E-state index in [4.69, 9.17) is 0 Å².